The molecular formula is C25H34F3N5O5. The van der Waals surface area contributed by atoms with Crippen molar-refractivity contribution in [3.8, 4) is 0 Å². The highest BCUT2D eigenvalue weighted by atomic mass is 19.4. The quantitative estimate of drug-likeness (QED) is 0.360. The number of esters is 1. The Morgan fingerprint density at radius 2 is 2.08 bits per heavy atom. The van der Waals surface area contributed by atoms with Gasteiger partial charge in [0.1, 0.15) is 0 Å². The number of carbonyl (C=O) groups is 2. The second-order valence-corrected chi connectivity index (χ2v) is 9.36. The van der Waals surface area contributed by atoms with Crippen molar-refractivity contribution >= 4 is 23.3 Å². The molecule has 1 saturated heterocycles. The summed E-state index contributed by atoms with van der Waals surface area (Å²) in [5.74, 6) is -0.661. The number of aromatic nitrogens is 2. The smallest absolute Gasteiger partial charge is 0.412 e. The molecule has 1 fully saturated rings. The number of rotatable bonds is 11. The van der Waals surface area contributed by atoms with Gasteiger partial charge in [0.2, 0.25) is 0 Å². The van der Waals surface area contributed by atoms with Gasteiger partial charge in [0, 0.05) is 44.3 Å². The van der Waals surface area contributed by atoms with Crippen molar-refractivity contribution < 1.29 is 37.3 Å². The topological polar surface area (TPSA) is 140 Å². The summed E-state index contributed by atoms with van der Waals surface area (Å²) in [6.07, 6.45) is -3.64. The predicted octanol–water partition coefficient (Wildman–Crippen LogP) is 2.31. The number of anilines is 1. The van der Waals surface area contributed by atoms with Crippen LogP contribution in [0.2, 0.25) is 0 Å². The van der Waals surface area contributed by atoms with Gasteiger partial charge in [-0.15, -0.1) is 10.2 Å². The van der Waals surface area contributed by atoms with Gasteiger partial charge in [-0.3, -0.25) is 9.59 Å². The van der Waals surface area contributed by atoms with E-state index in [0.717, 1.165) is 32.0 Å². The molecule has 0 aromatic carbocycles. The summed E-state index contributed by atoms with van der Waals surface area (Å²) in [5.41, 5.74) is 4.94. The highest BCUT2D eigenvalue weighted by Gasteiger charge is 2.39. The van der Waals surface area contributed by atoms with Crippen LogP contribution in [0, 0.1) is 5.92 Å². The minimum absolute atomic E-state index is 0.00652. The van der Waals surface area contributed by atoms with Crippen LogP contribution in [0.4, 0.5) is 19.0 Å². The van der Waals surface area contributed by atoms with Crippen LogP contribution >= 0.6 is 0 Å². The lowest BCUT2D eigenvalue weighted by Crippen LogP contribution is -2.39. The number of ether oxygens (including phenoxy) is 2. The molecule has 1 aliphatic carbocycles. The molecule has 13 heteroatoms. The van der Waals surface area contributed by atoms with Gasteiger partial charge in [-0.2, -0.15) is 13.2 Å². The van der Waals surface area contributed by atoms with Gasteiger partial charge in [-0.1, -0.05) is 0 Å². The van der Waals surface area contributed by atoms with Gasteiger partial charge in [0.25, 0.3) is 5.91 Å². The number of aliphatic hydroxyl groups is 1. The van der Waals surface area contributed by atoms with Crippen molar-refractivity contribution in [2.75, 3.05) is 51.8 Å². The first kappa shape index (κ1) is 29.5. The molecule has 3 rings (SSSR count). The number of carbonyl (C=O) groups excluding carboxylic acids is 2. The normalized spacial score (nSPS) is 20.7. The lowest BCUT2D eigenvalue weighted by atomic mass is 9.87. The van der Waals surface area contributed by atoms with E-state index in [4.69, 9.17) is 15.2 Å². The highest BCUT2D eigenvalue weighted by molar-refractivity contribution is 5.98. The number of alkyl halides is 3. The number of nitrogens with one attached hydrogen (secondary N) is 1. The zero-order valence-corrected chi connectivity index (χ0v) is 21.5. The number of piperidine rings is 1. The van der Waals surface area contributed by atoms with Crippen molar-refractivity contribution in [2.45, 2.75) is 44.9 Å². The van der Waals surface area contributed by atoms with E-state index in [1.165, 1.54) is 13.2 Å². The van der Waals surface area contributed by atoms with E-state index in [2.05, 4.69) is 20.4 Å². The van der Waals surface area contributed by atoms with E-state index in [1.54, 1.807) is 6.92 Å². The number of hydrogen-bond donors (Lipinski definition) is 3. The SMILES string of the molecule is CCOC(=O)CCN1CCCC(CNc2nnc(C3=C(COC)C=C(C(F)(F)F)CC3O)cc2C(N)=O)C1. The lowest BCUT2D eigenvalue weighted by molar-refractivity contribution is -0.143. The first-order valence-corrected chi connectivity index (χ1v) is 12.5. The second-order valence-electron chi connectivity index (χ2n) is 9.36. The van der Waals surface area contributed by atoms with Crippen molar-refractivity contribution in [1.82, 2.24) is 15.1 Å². The molecule has 2 aliphatic rings. The largest absolute Gasteiger partial charge is 0.466 e. The van der Waals surface area contributed by atoms with Crippen molar-refractivity contribution in [3.63, 3.8) is 0 Å². The van der Waals surface area contributed by atoms with Crippen LogP contribution in [0.15, 0.2) is 23.3 Å². The average molecular weight is 542 g/mol. The monoisotopic (exact) mass is 541 g/mol. The fourth-order valence-corrected chi connectivity index (χ4v) is 4.77. The van der Waals surface area contributed by atoms with Gasteiger partial charge < -0.3 is 30.5 Å². The fourth-order valence-electron chi connectivity index (χ4n) is 4.77. The number of primary amides is 1. The van der Waals surface area contributed by atoms with Gasteiger partial charge in [-0.25, -0.2) is 0 Å². The molecule has 1 aromatic rings. The average Bonchev–Trinajstić information content (AvgIpc) is 2.86. The number of likely N-dealkylation sites (tertiary alicyclic amines) is 1. The Bertz CT molecular complexity index is 1080. The summed E-state index contributed by atoms with van der Waals surface area (Å²) in [4.78, 5) is 26.1. The van der Waals surface area contributed by atoms with Crippen molar-refractivity contribution in [3.05, 3.63) is 34.5 Å². The van der Waals surface area contributed by atoms with Crippen LogP contribution in [0.5, 0.6) is 0 Å². The summed E-state index contributed by atoms with van der Waals surface area (Å²) >= 11 is 0. The third kappa shape index (κ3) is 7.74. The molecule has 0 saturated carbocycles. The Morgan fingerprint density at radius 3 is 2.74 bits per heavy atom. The Hall–Kier alpha value is -3.03. The predicted molar refractivity (Wildman–Crippen MR) is 133 cm³/mol. The van der Waals surface area contributed by atoms with E-state index in [-0.39, 0.29) is 46.7 Å². The third-order valence-corrected chi connectivity index (χ3v) is 6.54. The number of methoxy groups -OCH3 is 1. The van der Waals surface area contributed by atoms with Crippen LogP contribution in [-0.4, -0.2) is 90.9 Å². The summed E-state index contributed by atoms with van der Waals surface area (Å²) in [6.45, 7) is 4.62. The Labute approximate surface area is 219 Å². The Kier molecular flexibility index (Phi) is 10.2. The molecule has 0 bridgehead atoms. The lowest BCUT2D eigenvalue weighted by Gasteiger charge is -2.32. The minimum atomic E-state index is -4.60. The molecule has 2 heterocycles. The van der Waals surface area contributed by atoms with E-state index >= 15 is 0 Å². The Morgan fingerprint density at radius 1 is 1.32 bits per heavy atom. The molecule has 210 valence electrons. The minimum Gasteiger partial charge on any atom is -0.466 e. The van der Waals surface area contributed by atoms with Crippen LogP contribution in [0.1, 0.15) is 48.7 Å². The van der Waals surface area contributed by atoms with E-state index in [0.29, 0.717) is 26.1 Å². The first-order valence-electron chi connectivity index (χ1n) is 12.5. The number of nitrogens with zero attached hydrogens (tertiary/aromatic N) is 3. The first-order chi connectivity index (χ1) is 18.0. The summed E-state index contributed by atoms with van der Waals surface area (Å²) < 4.78 is 49.9. The van der Waals surface area contributed by atoms with E-state index in [1.807, 2.05) is 0 Å². The van der Waals surface area contributed by atoms with Gasteiger partial charge in [0.05, 0.1) is 37.0 Å². The van der Waals surface area contributed by atoms with Crippen LogP contribution in [0.3, 0.4) is 0 Å². The maximum Gasteiger partial charge on any atom is 0.412 e. The molecule has 1 aromatic heterocycles. The van der Waals surface area contributed by atoms with E-state index < -0.39 is 30.2 Å². The molecule has 38 heavy (non-hydrogen) atoms. The molecule has 2 unspecified atom stereocenters. The molecule has 10 nitrogen and oxygen atoms in total. The molecule has 0 radical (unpaired) electrons. The number of hydrogen-bond acceptors (Lipinski definition) is 9. The molecule has 1 aliphatic heterocycles. The second kappa shape index (κ2) is 13.2. The molecule has 4 N–H and O–H groups in total. The number of halogens is 3. The zero-order valence-electron chi connectivity index (χ0n) is 21.5. The summed E-state index contributed by atoms with van der Waals surface area (Å²) in [5, 5.41) is 21.9. The molecule has 2 atom stereocenters. The number of amides is 1. The summed E-state index contributed by atoms with van der Waals surface area (Å²) in [7, 11) is 1.32. The van der Waals surface area contributed by atoms with Gasteiger partial charge in [0.15, 0.2) is 5.82 Å². The van der Waals surface area contributed by atoms with Crippen LogP contribution in [0.25, 0.3) is 5.57 Å². The third-order valence-electron chi connectivity index (χ3n) is 6.54. The van der Waals surface area contributed by atoms with Crippen LogP contribution < -0.4 is 11.1 Å². The van der Waals surface area contributed by atoms with Crippen molar-refractivity contribution in [1.29, 1.82) is 0 Å². The van der Waals surface area contributed by atoms with Gasteiger partial charge in [-0.05, 0) is 49.9 Å². The van der Waals surface area contributed by atoms with E-state index in [9.17, 15) is 27.9 Å². The molecule has 1 amide bonds. The standard InChI is InChI=1S/C25H34F3N5O5/c1-3-38-21(35)6-8-33-7-4-5-15(13-33)12-30-24-18(23(29)36)11-19(31-32-24)22-16(14-37-2)9-17(10-20(22)34)25(26,27)28/h9,11,15,20,34H,3-8,10,12-14H2,1-2H3,(H2,29,36)(H,30,32). The zero-order chi connectivity index (χ0) is 27.9. The highest BCUT2D eigenvalue weighted by Crippen LogP contribution is 2.38. The Balaban J connectivity index is 1.76. The van der Waals surface area contributed by atoms with Crippen molar-refractivity contribution in [2.24, 2.45) is 11.7 Å². The van der Waals surface area contributed by atoms with Gasteiger partial charge >= 0.3 is 12.1 Å². The number of nitrogens with two attached hydrogens (primary N) is 1. The molecular weight excluding hydrogens is 507 g/mol. The number of aliphatic hydroxyl groups excluding tert-OH is 1. The summed E-state index contributed by atoms with van der Waals surface area (Å²) in [6, 6.07) is 1.32. The maximum atomic E-state index is 13.3. The maximum absolute atomic E-state index is 13.3. The van der Waals surface area contributed by atoms with Crippen LogP contribution in [-0.2, 0) is 14.3 Å². The fraction of sp³-hybridized carbons (Fsp3) is 0.600. The molecule has 0 spiro atoms.